The van der Waals surface area contributed by atoms with E-state index < -0.39 is 11.2 Å². The minimum absolute atomic E-state index is 0.0602. The molecule has 0 aromatic heterocycles. The van der Waals surface area contributed by atoms with Gasteiger partial charge >= 0.3 is 0 Å². The molecule has 14 heavy (non-hydrogen) atoms. The molecule has 0 amide bonds. The summed E-state index contributed by atoms with van der Waals surface area (Å²) in [6.07, 6.45) is 1.07. The van der Waals surface area contributed by atoms with Crippen molar-refractivity contribution in [3.05, 3.63) is 10.1 Å². The molecule has 0 radical (unpaired) electrons. The summed E-state index contributed by atoms with van der Waals surface area (Å²) < 4.78 is 10.8. The second kappa shape index (κ2) is 3.92. The lowest BCUT2D eigenvalue weighted by Gasteiger charge is -2.13. The fraction of sp³-hybridized carbons (Fsp3) is 1.00. The van der Waals surface area contributed by atoms with Crippen LogP contribution in [0.2, 0.25) is 0 Å². The van der Waals surface area contributed by atoms with Crippen LogP contribution in [0.1, 0.15) is 0 Å². The molecule has 0 aromatic rings. The zero-order valence-electron chi connectivity index (χ0n) is 7.62. The van der Waals surface area contributed by atoms with Gasteiger partial charge in [-0.05, 0) is 6.26 Å². The smallest absolute Gasteiger partial charge is 0.294 e. The van der Waals surface area contributed by atoms with Crippen molar-refractivity contribution in [1.82, 2.24) is 0 Å². The molecule has 0 spiro atoms. The van der Waals surface area contributed by atoms with E-state index in [-0.39, 0.29) is 24.1 Å². The second-order valence-corrected chi connectivity index (χ2v) is 4.31. The zero-order valence-corrected chi connectivity index (χ0v) is 8.44. The summed E-state index contributed by atoms with van der Waals surface area (Å²) in [5.41, 5.74) is 0. The van der Waals surface area contributed by atoms with Crippen LogP contribution in [-0.4, -0.2) is 48.1 Å². The Morgan fingerprint density at radius 2 is 2.14 bits per heavy atom. The standard InChI is InChI=1S/C7H11NO5S/c1-14-5-3-12-6-4(13-8(9)10)2-11-7(5)6/h4-7H,2-3H2,1H3/t4?,5-,6+,7+/m0/s1. The predicted octanol–water partition coefficient (Wildman–Crippen LogP) is 0.0925. The summed E-state index contributed by atoms with van der Waals surface area (Å²) in [7, 11) is 0. The van der Waals surface area contributed by atoms with Gasteiger partial charge in [-0.1, -0.05) is 0 Å². The van der Waals surface area contributed by atoms with Crippen molar-refractivity contribution in [1.29, 1.82) is 0 Å². The highest BCUT2D eigenvalue weighted by Crippen LogP contribution is 2.33. The van der Waals surface area contributed by atoms with E-state index in [1.807, 2.05) is 6.26 Å². The molecule has 7 heteroatoms. The maximum atomic E-state index is 10.2. The van der Waals surface area contributed by atoms with Gasteiger partial charge in [-0.25, -0.2) is 0 Å². The number of thioether (sulfide) groups is 1. The molecule has 0 aromatic carbocycles. The Kier molecular flexibility index (Phi) is 2.80. The quantitative estimate of drug-likeness (QED) is 0.497. The summed E-state index contributed by atoms with van der Waals surface area (Å²) in [5.74, 6) is 0. The molecule has 6 nitrogen and oxygen atoms in total. The maximum absolute atomic E-state index is 10.2. The summed E-state index contributed by atoms with van der Waals surface area (Å²) in [5, 5.41) is 9.64. The Morgan fingerprint density at radius 3 is 2.79 bits per heavy atom. The van der Waals surface area contributed by atoms with E-state index in [0.29, 0.717) is 6.61 Å². The topological polar surface area (TPSA) is 70.8 Å². The van der Waals surface area contributed by atoms with Gasteiger partial charge in [-0.15, -0.1) is 10.1 Å². The third-order valence-electron chi connectivity index (χ3n) is 2.49. The molecule has 80 valence electrons. The van der Waals surface area contributed by atoms with Crippen LogP contribution in [0.15, 0.2) is 0 Å². The van der Waals surface area contributed by atoms with Crippen molar-refractivity contribution in [2.24, 2.45) is 0 Å². The van der Waals surface area contributed by atoms with Gasteiger partial charge in [0, 0.05) is 0 Å². The van der Waals surface area contributed by atoms with Crippen LogP contribution >= 0.6 is 11.8 Å². The van der Waals surface area contributed by atoms with Crippen molar-refractivity contribution in [2.45, 2.75) is 23.6 Å². The van der Waals surface area contributed by atoms with Crippen LogP contribution in [0.25, 0.3) is 0 Å². The summed E-state index contributed by atoms with van der Waals surface area (Å²) in [6, 6.07) is 0. The molecule has 2 heterocycles. The molecule has 4 atom stereocenters. The summed E-state index contributed by atoms with van der Waals surface area (Å²) >= 11 is 1.65. The van der Waals surface area contributed by atoms with Crippen LogP contribution in [-0.2, 0) is 14.3 Å². The van der Waals surface area contributed by atoms with Crippen molar-refractivity contribution in [3.63, 3.8) is 0 Å². The Hall–Kier alpha value is -0.530. The van der Waals surface area contributed by atoms with Gasteiger partial charge in [0.25, 0.3) is 5.09 Å². The van der Waals surface area contributed by atoms with E-state index >= 15 is 0 Å². The molecule has 2 aliphatic rings. The summed E-state index contributed by atoms with van der Waals surface area (Å²) in [4.78, 5) is 14.6. The van der Waals surface area contributed by atoms with Gasteiger partial charge in [0.05, 0.1) is 18.5 Å². The summed E-state index contributed by atoms with van der Waals surface area (Å²) in [6.45, 7) is 0.821. The molecular formula is C7H11NO5S. The first-order valence-electron chi connectivity index (χ1n) is 4.29. The van der Waals surface area contributed by atoms with Crippen molar-refractivity contribution in [3.8, 4) is 0 Å². The number of hydrogen-bond donors (Lipinski definition) is 0. The van der Waals surface area contributed by atoms with E-state index in [1.165, 1.54) is 0 Å². The fourth-order valence-corrected chi connectivity index (χ4v) is 2.55. The minimum Gasteiger partial charge on any atom is -0.372 e. The average Bonchev–Trinajstić information content (AvgIpc) is 2.67. The van der Waals surface area contributed by atoms with Crippen LogP contribution in [0, 0.1) is 10.1 Å². The van der Waals surface area contributed by atoms with Crippen LogP contribution in [0.4, 0.5) is 0 Å². The van der Waals surface area contributed by atoms with E-state index in [0.717, 1.165) is 0 Å². The molecule has 0 saturated carbocycles. The lowest BCUT2D eigenvalue weighted by Crippen LogP contribution is -2.33. The van der Waals surface area contributed by atoms with Crippen molar-refractivity contribution in [2.75, 3.05) is 19.5 Å². The maximum Gasteiger partial charge on any atom is 0.294 e. The molecule has 0 bridgehead atoms. The Balaban J connectivity index is 1.97. The van der Waals surface area contributed by atoms with Gasteiger partial charge in [0.2, 0.25) is 0 Å². The minimum atomic E-state index is -0.786. The van der Waals surface area contributed by atoms with Crippen molar-refractivity contribution < 1.29 is 19.4 Å². The lowest BCUT2D eigenvalue weighted by atomic mass is 10.1. The SMILES string of the molecule is CS[C@H]1CO[C@@H]2C(O[N+](=O)[O-])CO[C@H]12. The largest absolute Gasteiger partial charge is 0.372 e. The highest BCUT2D eigenvalue weighted by atomic mass is 32.2. The van der Waals surface area contributed by atoms with Gasteiger partial charge < -0.3 is 14.3 Å². The molecule has 2 aliphatic heterocycles. The van der Waals surface area contributed by atoms with E-state index in [1.54, 1.807) is 11.8 Å². The first-order valence-corrected chi connectivity index (χ1v) is 5.58. The van der Waals surface area contributed by atoms with Gasteiger partial charge in [0.1, 0.15) is 12.2 Å². The highest BCUT2D eigenvalue weighted by molar-refractivity contribution is 7.99. The zero-order chi connectivity index (χ0) is 10.1. The normalized spacial score (nSPS) is 40.9. The predicted molar refractivity (Wildman–Crippen MR) is 48.7 cm³/mol. The molecule has 2 fully saturated rings. The number of rotatable bonds is 3. The molecule has 0 aliphatic carbocycles. The molecular weight excluding hydrogens is 210 g/mol. The number of nitrogens with zero attached hydrogens (tertiary/aromatic N) is 1. The number of hydrogen-bond acceptors (Lipinski definition) is 6. The molecule has 0 N–H and O–H groups in total. The Morgan fingerprint density at radius 1 is 1.43 bits per heavy atom. The third-order valence-corrected chi connectivity index (χ3v) is 3.50. The van der Waals surface area contributed by atoms with Crippen molar-refractivity contribution >= 4 is 11.8 Å². The van der Waals surface area contributed by atoms with Gasteiger partial charge in [-0.3, -0.25) is 0 Å². The Bertz CT molecular complexity index is 238. The van der Waals surface area contributed by atoms with Gasteiger partial charge in [0.15, 0.2) is 6.10 Å². The van der Waals surface area contributed by atoms with E-state index in [9.17, 15) is 10.1 Å². The molecule has 2 saturated heterocycles. The number of fused-ring (bicyclic) bond motifs is 1. The van der Waals surface area contributed by atoms with Gasteiger partial charge in [-0.2, -0.15) is 11.8 Å². The van der Waals surface area contributed by atoms with Crippen LogP contribution in [0.3, 0.4) is 0 Å². The monoisotopic (exact) mass is 221 g/mol. The van der Waals surface area contributed by atoms with E-state index in [4.69, 9.17) is 9.47 Å². The first-order chi connectivity index (χ1) is 6.72. The average molecular weight is 221 g/mol. The highest BCUT2D eigenvalue weighted by Gasteiger charge is 2.49. The van der Waals surface area contributed by atoms with Crippen LogP contribution in [0.5, 0.6) is 0 Å². The third kappa shape index (κ3) is 1.67. The lowest BCUT2D eigenvalue weighted by molar-refractivity contribution is -0.769. The molecule has 2 rings (SSSR count). The molecule has 1 unspecified atom stereocenters. The van der Waals surface area contributed by atoms with E-state index in [2.05, 4.69) is 4.84 Å². The number of ether oxygens (including phenoxy) is 2. The first kappa shape index (κ1) is 10.0. The Labute approximate surface area is 85.0 Å². The second-order valence-electron chi connectivity index (χ2n) is 3.24. The van der Waals surface area contributed by atoms with Crippen LogP contribution < -0.4 is 0 Å². The fourth-order valence-electron chi connectivity index (χ4n) is 1.83.